The van der Waals surface area contributed by atoms with E-state index in [1.54, 1.807) is 6.20 Å². The summed E-state index contributed by atoms with van der Waals surface area (Å²) in [5.74, 6) is 0.480. The van der Waals surface area contributed by atoms with E-state index in [0.717, 1.165) is 36.9 Å². The summed E-state index contributed by atoms with van der Waals surface area (Å²) >= 11 is 6.35. The Kier molecular flexibility index (Phi) is 5.90. The number of pyridine rings is 1. The molecule has 3 heterocycles. The number of nitrogens with zero attached hydrogens (tertiary/aromatic N) is 3. The lowest BCUT2D eigenvalue weighted by Crippen LogP contribution is -2.42. The lowest BCUT2D eigenvalue weighted by Gasteiger charge is -2.33. The van der Waals surface area contributed by atoms with Gasteiger partial charge in [-0.05, 0) is 51.5 Å². The van der Waals surface area contributed by atoms with Gasteiger partial charge >= 0.3 is 0 Å². The quantitative estimate of drug-likeness (QED) is 0.642. The van der Waals surface area contributed by atoms with Crippen molar-refractivity contribution < 1.29 is 8.98 Å². The van der Waals surface area contributed by atoms with E-state index in [1.165, 1.54) is 5.69 Å². The molecule has 4 rings (SSSR count). The molecule has 1 aliphatic carbocycles. The molecule has 1 fully saturated rings. The number of aromatic nitrogens is 3. The average molecular weight is 464 g/mol. The van der Waals surface area contributed by atoms with E-state index in [4.69, 9.17) is 15.8 Å². The van der Waals surface area contributed by atoms with Gasteiger partial charge in [0.1, 0.15) is 29.4 Å². The van der Waals surface area contributed by atoms with E-state index < -0.39 is 0 Å². The summed E-state index contributed by atoms with van der Waals surface area (Å²) in [6.07, 6.45) is 8.21. The third-order valence-electron chi connectivity index (χ3n) is 6.18. The fraction of sp³-hybridized carbons (Fsp3) is 0.609. The van der Waals surface area contributed by atoms with Gasteiger partial charge in [0.2, 0.25) is 5.91 Å². The first kappa shape index (κ1) is 22.6. The summed E-state index contributed by atoms with van der Waals surface area (Å²) in [7, 11) is 0. The number of hydrogen-bond acceptors (Lipinski definition) is 4. The van der Waals surface area contributed by atoms with Gasteiger partial charge in [-0.1, -0.05) is 25.4 Å². The molecule has 6 nitrogen and oxygen atoms in total. The number of hydrogen-bond donors (Lipinski definition) is 1. The highest BCUT2D eigenvalue weighted by Gasteiger charge is 2.43. The number of carbonyl (C=O) groups is 1. The molecule has 1 amide bonds. The van der Waals surface area contributed by atoms with Gasteiger partial charge in [-0.25, -0.2) is 4.98 Å². The highest BCUT2D eigenvalue weighted by atomic mass is 35.5. The van der Waals surface area contributed by atoms with Crippen LogP contribution in [0.3, 0.4) is 0 Å². The van der Waals surface area contributed by atoms with Gasteiger partial charge in [-0.3, -0.25) is 9.48 Å². The van der Waals surface area contributed by atoms with Crippen LogP contribution in [0.25, 0.3) is 11.1 Å². The highest BCUT2D eigenvalue weighted by molar-refractivity contribution is 7.93. The maximum atomic E-state index is 12.7. The molecule has 1 saturated carbocycles. The second kappa shape index (κ2) is 8.09. The smallest absolute Gasteiger partial charge is 0.228 e. The van der Waals surface area contributed by atoms with Crippen molar-refractivity contribution in [3.8, 4) is 11.1 Å². The van der Waals surface area contributed by atoms with Crippen molar-refractivity contribution in [1.29, 1.82) is 0 Å². The lowest BCUT2D eigenvalue weighted by atomic mass is 9.82. The molecule has 1 unspecified atom stereocenters. The Hall–Kier alpha value is -1.57. The fourth-order valence-electron chi connectivity index (χ4n) is 4.02. The maximum Gasteiger partial charge on any atom is 0.228 e. The summed E-state index contributed by atoms with van der Waals surface area (Å²) in [5, 5.41) is 8.07. The number of nitrogens with one attached hydrogen (secondary N) is 1. The molecular formula is C23H32ClN4O2S+. The molecule has 1 N–H and O–H groups in total. The van der Waals surface area contributed by atoms with Gasteiger partial charge in [0.15, 0.2) is 4.75 Å². The number of fused-ring (bicyclic) bond motifs is 1. The Morgan fingerprint density at radius 3 is 2.68 bits per heavy atom. The molecular weight excluding hydrogens is 432 g/mol. The van der Waals surface area contributed by atoms with Gasteiger partial charge in [-0.2, -0.15) is 9.28 Å². The van der Waals surface area contributed by atoms with Crippen LogP contribution in [0.2, 0.25) is 5.02 Å². The molecule has 0 saturated heterocycles. The number of rotatable bonds is 5. The zero-order valence-electron chi connectivity index (χ0n) is 19.2. The largest absolute Gasteiger partial charge is 0.310 e. The van der Waals surface area contributed by atoms with E-state index in [9.17, 15) is 4.79 Å². The second-order valence-corrected chi connectivity index (χ2v) is 13.2. The molecule has 31 heavy (non-hydrogen) atoms. The molecule has 168 valence electrons. The minimum atomic E-state index is -0.128. The Labute approximate surface area is 192 Å². The normalized spacial score (nSPS) is 23.2. The van der Waals surface area contributed by atoms with E-state index in [-0.39, 0.29) is 39.3 Å². The summed E-state index contributed by atoms with van der Waals surface area (Å²) in [4.78, 5) is 17.1. The minimum Gasteiger partial charge on any atom is -0.310 e. The van der Waals surface area contributed by atoms with Gasteiger partial charge in [0, 0.05) is 35.5 Å². The summed E-state index contributed by atoms with van der Waals surface area (Å²) in [6.45, 7) is 11.9. The summed E-state index contributed by atoms with van der Waals surface area (Å²) < 4.78 is 8.31. The fourth-order valence-corrected chi connectivity index (χ4v) is 5.08. The van der Waals surface area contributed by atoms with Crippen molar-refractivity contribution >= 4 is 34.5 Å². The van der Waals surface area contributed by atoms with Crippen molar-refractivity contribution in [3.63, 3.8) is 0 Å². The van der Waals surface area contributed by atoms with Crippen LogP contribution in [0.1, 0.15) is 53.2 Å². The average Bonchev–Trinajstić information content (AvgIpc) is 3.13. The zero-order chi connectivity index (χ0) is 22.6. The first-order chi connectivity index (χ1) is 14.4. The van der Waals surface area contributed by atoms with Crippen LogP contribution < -0.4 is 5.32 Å². The van der Waals surface area contributed by atoms with E-state index in [1.807, 2.05) is 12.3 Å². The first-order valence-electron chi connectivity index (χ1n) is 10.8. The number of halogens is 1. The Morgan fingerprint density at radius 1 is 1.29 bits per heavy atom. The number of anilines is 1. The van der Waals surface area contributed by atoms with E-state index in [2.05, 4.69) is 61.0 Å². The summed E-state index contributed by atoms with van der Waals surface area (Å²) in [5.41, 5.74) is 3.25. The molecule has 1 atom stereocenters. The predicted molar refractivity (Wildman–Crippen MR) is 127 cm³/mol. The van der Waals surface area contributed by atoms with Crippen molar-refractivity contribution in [2.45, 2.75) is 71.3 Å². The molecule has 8 heteroatoms. The molecule has 1 aliphatic heterocycles. The van der Waals surface area contributed by atoms with Crippen LogP contribution in [-0.2, 0) is 33.1 Å². The van der Waals surface area contributed by atoms with Crippen LogP contribution >= 0.6 is 11.6 Å². The Morgan fingerprint density at radius 2 is 2.00 bits per heavy atom. The van der Waals surface area contributed by atoms with Crippen LogP contribution in [-0.4, -0.2) is 37.8 Å². The lowest BCUT2D eigenvalue weighted by molar-refractivity contribution is -0.125. The third-order valence-corrected chi connectivity index (χ3v) is 8.76. The van der Waals surface area contributed by atoms with E-state index >= 15 is 0 Å². The zero-order valence-corrected chi connectivity index (χ0v) is 20.7. The molecule has 0 aromatic carbocycles. The second-order valence-electron chi connectivity index (χ2n) is 10.5. The van der Waals surface area contributed by atoms with Gasteiger partial charge in [0.05, 0.1) is 11.2 Å². The van der Waals surface area contributed by atoms with Crippen molar-refractivity contribution in [2.24, 2.45) is 11.3 Å². The van der Waals surface area contributed by atoms with Crippen molar-refractivity contribution in [2.75, 3.05) is 11.6 Å². The van der Waals surface area contributed by atoms with Crippen molar-refractivity contribution in [3.05, 3.63) is 29.2 Å². The Balaban J connectivity index is 1.41. The number of amides is 1. The molecule has 0 bridgehead atoms. The van der Waals surface area contributed by atoms with Crippen molar-refractivity contribution in [1.82, 2.24) is 14.8 Å². The molecule has 0 spiro atoms. The van der Waals surface area contributed by atoms with Crippen LogP contribution in [0, 0.1) is 11.3 Å². The SMILES string of the molecule is C[S+](OC1CC(C(=O)Nc2cc(-c3cnn4c3CC(C)(C)C4)c(Cl)cn2)C1)C(C)(C)C. The first-order valence-corrected chi connectivity index (χ1v) is 12.7. The molecule has 2 aromatic rings. The third kappa shape index (κ3) is 4.78. The molecule has 2 aliphatic rings. The number of carbonyl (C=O) groups excluding carboxylic acids is 1. The summed E-state index contributed by atoms with van der Waals surface area (Å²) in [6, 6.07) is 1.86. The highest BCUT2D eigenvalue weighted by Crippen LogP contribution is 2.40. The molecule has 0 radical (unpaired) electrons. The monoisotopic (exact) mass is 463 g/mol. The minimum absolute atomic E-state index is 0.00580. The molecule has 2 aromatic heterocycles. The van der Waals surface area contributed by atoms with Crippen LogP contribution in [0.5, 0.6) is 0 Å². The van der Waals surface area contributed by atoms with Crippen LogP contribution in [0.15, 0.2) is 18.5 Å². The topological polar surface area (TPSA) is 69.0 Å². The Bertz CT molecular complexity index is 992. The van der Waals surface area contributed by atoms with Crippen LogP contribution in [0.4, 0.5) is 5.82 Å². The standard InChI is InChI=1S/C23H31ClN4O2S/c1-22(2,3)31(6)30-15-7-14(8-15)21(29)27-20-9-16(18(24)12-25-20)17-11-26-28-13-23(4,5)10-19(17)28/h9,11-12,14-15H,7-8,10,13H2,1-6H3/p+1. The van der Waals surface area contributed by atoms with E-state index in [0.29, 0.717) is 10.8 Å². The van der Waals surface area contributed by atoms with Gasteiger partial charge < -0.3 is 5.32 Å². The maximum absolute atomic E-state index is 12.7. The van der Waals surface area contributed by atoms with Gasteiger partial charge in [-0.15, -0.1) is 0 Å². The van der Waals surface area contributed by atoms with Gasteiger partial charge in [0.25, 0.3) is 0 Å². The predicted octanol–water partition coefficient (Wildman–Crippen LogP) is 4.88.